The summed E-state index contributed by atoms with van der Waals surface area (Å²) in [6.45, 7) is 2.82. The maximum Gasteiger partial charge on any atom is 0.331 e. The number of anilines is 1. The smallest absolute Gasteiger partial charge is 0.331 e. The number of fused-ring (bicyclic) bond motifs is 1. The topological polar surface area (TPSA) is 275 Å². The number of aliphatic carboxylic acids is 1. The Balaban J connectivity index is 1.54. The van der Waals surface area contributed by atoms with Crippen LogP contribution in [0.1, 0.15) is 120 Å². The number of nitrogens with one attached hydrogen (secondary N) is 6. The van der Waals surface area contributed by atoms with Crippen LogP contribution in [-0.2, 0) is 28.8 Å². The lowest BCUT2D eigenvalue weighted by atomic mass is 9.97. The Kier molecular flexibility index (Phi) is 20.9. The van der Waals surface area contributed by atoms with Crippen LogP contribution in [0.15, 0.2) is 18.2 Å². The molecule has 56 heavy (non-hydrogen) atoms. The number of hydrogen-bond donors (Lipinski definition) is 9. The summed E-state index contributed by atoms with van der Waals surface area (Å²) in [6, 6.07) is 1.02. The Bertz CT molecular complexity index is 1470. The molecule has 0 aliphatic carbocycles. The van der Waals surface area contributed by atoms with Crippen molar-refractivity contribution in [2.45, 2.75) is 127 Å². The molecule has 3 rings (SSSR count). The zero-order chi connectivity index (χ0) is 40.7. The predicted octanol–water partition coefficient (Wildman–Crippen LogP) is 0.865. The van der Waals surface area contributed by atoms with Crippen LogP contribution in [0.4, 0.5) is 5.69 Å². The second-order valence-electron chi connectivity index (χ2n) is 14.6. The van der Waals surface area contributed by atoms with Gasteiger partial charge in [0.2, 0.25) is 23.6 Å². The Morgan fingerprint density at radius 2 is 1.46 bits per heavy atom. The van der Waals surface area contributed by atoms with Gasteiger partial charge in [0.15, 0.2) is 0 Å². The van der Waals surface area contributed by atoms with E-state index in [0.29, 0.717) is 31.5 Å². The molecule has 1 fully saturated rings. The molecule has 0 spiro atoms. The Labute approximate surface area is 328 Å². The van der Waals surface area contributed by atoms with Gasteiger partial charge in [-0.05, 0) is 89.2 Å². The summed E-state index contributed by atoms with van der Waals surface area (Å²) >= 11 is 0. The van der Waals surface area contributed by atoms with Crippen LogP contribution in [0, 0.1) is 5.92 Å². The van der Waals surface area contributed by atoms with Crippen LogP contribution < -0.4 is 48.1 Å². The number of carbonyl (C=O) groups is 7. The summed E-state index contributed by atoms with van der Waals surface area (Å²) in [5.74, 6) is -3.73. The third kappa shape index (κ3) is 17.0. The molecule has 0 bridgehead atoms. The fourth-order valence-electron chi connectivity index (χ4n) is 6.73. The van der Waals surface area contributed by atoms with Gasteiger partial charge >= 0.3 is 11.9 Å². The normalized spacial score (nSPS) is 19.6. The lowest BCUT2D eigenvalue weighted by Gasteiger charge is -2.25. The van der Waals surface area contributed by atoms with E-state index in [0.717, 1.165) is 77.4 Å². The van der Waals surface area contributed by atoms with Crippen molar-refractivity contribution in [3.63, 3.8) is 0 Å². The molecule has 1 saturated heterocycles. The number of carboxylic acid groups (broad SMARTS) is 1. The highest BCUT2D eigenvalue weighted by Crippen LogP contribution is 2.25. The maximum absolute atomic E-state index is 13.7. The second kappa shape index (κ2) is 25.5. The summed E-state index contributed by atoms with van der Waals surface area (Å²) in [4.78, 5) is 89.2. The lowest BCUT2D eigenvalue weighted by molar-refractivity contribution is -0.308. The number of benzene rings is 1. The molecule has 3 atom stereocenters. The van der Waals surface area contributed by atoms with Gasteiger partial charge in [-0.15, -0.1) is 0 Å². The summed E-state index contributed by atoms with van der Waals surface area (Å²) in [5, 5.41) is 26.3. The summed E-state index contributed by atoms with van der Waals surface area (Å²) in [7, 11) is 0. The first-order chi connectivity index (χ1) is 27.0. The predicted molar refractivity (Wildman–Crippen MR) is 208 cm³/mol. The van der Waals surface area contributed by atoms with Crippen LogP contribution in [0.2, 0.25) is 0 Å². The standard InChI is InChI=1S/C39H62N8O9/c40-20-9-8-11-30-38(54)45-29(35(41)51)19-24-56-32-15-13-27(25-28(32)37(53)46-31(39(55)47-30)14-16-34(49)50)44-33(48)12-7-5-3-1-2-4-6-10-21-43-36(52)26-17-22-42-23-18-26/h13,15,25-26,29-31,42H,1-12,14,16-24,40H2,(H2,41,51)(H,43,52)(H,44,48)(H,45,54)(H,46,53)(H,47,55)(H,49,50)/p+1. The zero-order valence-corrected chi connectivity index (χ0v) is 32.6. The molecular formula is C39H63N8O9+. The van der Waals surface area contributed by atoms with Crippen molar-refractivity contribution in [1.29, 1.82) is 0 Å². The van der Waals surface area contributed by atoms with Gasteiger partial charge in [-0.2, -0.15) is 0 Å². The molecule has 1 aromatic rings. The molecule has 2 aliphatic rings. The largest absolute Gasteiger partial charge is 0.493 e. The number of quaternary nitrogens is 1. The van der Waals surface area contributed by atoms with Crippen LogP contribution >= 0.6 is 0 Å². The highest BCUT2D eigenvalue weighted by molar-refractivity contribution is 6.02. The maximum atomic E-state index is 13.7. The molecule has 17 heteroatoms. The van der Waals surface area contributed by atoms with Gasteiger partial charge in [0, 0.05) is 37.4 Å². The van der Waals surface area contributed by atoms with Gasteiger partial charge in [-0.3, -0.25) is 34.5 Å². The molecule has 3 unspecified atom stereocenters. The summed E-state index contributed by atoms with van der Waals surface area (Å²) in [6.07, 6.45) is 10.6. The third-order valence-corrected chi connectivity index (χ3v) is 10.1. The van der Waals surface area contributed by atoms with Gasteiger partial charge in [-0.1, -0.05) is 38.5 Å². The van der Waals surface area contributed by atoms with E-state index >= 15 is 0 Å². The highest BCUT2D eigenvalue weighted by Gasteiger charge is 2.31. The van der Waals surface area contributed by atoms with Crippen molar-refractivity contribution in [3.05, 3.63) is 23.8 Å². The monoisotopic (exact) mass is 787 g/mol. The SMILES string of the molecule is NCCCCC1NC(=O)C(CCC(=O)O)NC(=O)c2cc(NC(=O)CCCCCCCCCCNC(=O)C3CCNCC3)ccc2OCCC(C([NH3+])=O)NC1=O. The van der Waals surface area contributed by atoms with Gasteiger partial charge in [0.25, 0.3) is 5.91 Å². The van der Waals surface area contributed by atoms with Gasteiger partial charge in [-0.25, -0.2) is 4.79 Å². The van der Waals surface area contributed by atoms with E-state index in [9.17, 15) is 38.7 Å². The third-order valence-electron chi connectivity index (χ3n) is 10.1. The molecule has 312 valence electrons. The number of ether oxygens (including phenoxy) is 1. The molecule has 1 aromatic carbocycles. The number of rotatable bonds is 21. The van der Waals surface area contributed by atoms with Crippen LogP contribution in [0.25, 0.3) is 0 Å². The first kappa shape index (κ1) is 45.8. The average molecular weight is 788 g/mol. The highest BCUT2D eigenvalue weighted by atomic mass is 16.5. The zero-order valence-electron chi connectivity index (χ0n) is 32.6. The fourth-order valence-corrected chi connectivity index (χ4v) is 6.73. The van der Waals surface area contributed by atoms with E-state index in [-0.39, 0.29) is 61.3 Å². The van der Waals surface area contributed by atoms with Gasteiger partial charge in [0.05, 0.1) is 12.2 Å². The van der Waals surface area contributed by atoms with Crippen molar-refractivity contribution >= 4 is 47.1 Å². The van der Waals surface area contributed by atoms with Crippen LogP contribution in [-0.4, -0.2) is 97.4 Å². The Morgan fingerprint density at radius 3 is 2.14 bits per heavy atom. The fraction of sp³-hybridized carbons (Fsp3) is 0.667. The minimum Gasteiger partial charge on any atom is -0.493 e. The number of piperidine rings is 1. The number of carbonyl (C=O) groups excluding carboxylic acids is 6. The van der Waals surface area contributed by atoms with Gasteiger partial charge < -0.3 is 47.5 Å². The van der Waals surface area contributed by atoms with Crippen molar-refractivity contribution in [2.24, 2.45) is 11.7 Å². The minimum atomic E-state index is -1.33. The van der Waals surface area contributed by atoms with Crippen molar-refractivity contribution in [2.75, 3.05) is 38.1 Å². The molecular weight excluding hydrogens is 724 g/mol. The Hall–Kier alpha value is -4.61. The number of carboxylic acids is 1. The van der Waals surface area contributed by atoms with E-state index in [1.807, 2.05) is 0 Å². The first-order valence-corrected chi connectivity index (χ1v) is 20.2. The van der Waals surface area contributed by atoms with Crippen LogP contribution in [0.5, 0.6) is 5.75 Å². The quantitative estimate of drug-likeness (QED) is 0.0789. The molecule has 2 heterocycles. The van der Waals surface area contributed by atoms with E-state index < -0.39 is 54.1 Å². The minimum absolute atomic E-state index is 0.0156. The average Bonchev–Trinajstić information content (AvgIpc) is 3.17. The number of hydrogen-bond acceptors (Lipinski definition) is 10. The molecule has 2 aliphatic heterocycles. The molecule has 17 nitrogen and oxygen atoms in total. The summed E-state index contributed by atoms with van der Waals surface area (Å²) < 4.78 is 5.88. The molecule has 6 amide bonds. The molecule has 0 saturated carbocycles. The van der Waals surface area contributed by atoms with E-state index in [1.165, 1.54) is 12.1 Å². The van der Waals surface area contributed by atoms with E-state index in [1.54, 1.807) is 6.07 Å². The first-order valence-electron chi connectivity index (χ1n) is 20.2. The van der Waals surface area contributed by atoms with E-state index in [2.05, 4.69) is 37.6 Å². The number of amides is 6. The lowest BCUT2D eigenvalue weighted by Crippen LogP contribution is -2.67. The van der Waals surface area contributed by atoms with Crippen molar-refractivity contribution < 1.29 is 49.1 Å². The van der Waals surface area contributed by atoms with Crippen molar-refractivity contribution in [3.8, 4) is 5.75 Å². The van der Waals surface area contributed by atoms with Crippen LogP contribution in [0.3, 0.4) is 0 Å². The molecule has 0 radical (unpaired) electrons. The number of nitrogens with two attached hydrogens (primary N) is 1. The summed E-state index contributed by atoms with van der Waals surface area (Å²) in [5.41, 5.74) is 9.36. The van der Waals surface area contributed by atoms with Crippen molar-refractivity contribution in [1.82, 2.24) is 26.6 Å². The molecule has 12 N–H and O–H groups in total. The second-order valence-corrected chi connectivity index (χ2v) is 14.6. The number of unbranched alkanes of at least 4 members (excludes halogenated alkanes) is 8. The van der Waals surface area contributed by atoms with Gasteiger partial charge in [0.1, 0.15) is 23.9 Å². The van der Waals surface area contributed by atoms with E-state index in [4.69, 9.17) is 10.5 Å². The Morgan fingerprint density at radius 1 is 0.804 bits per heavy atom. The molecule has 0 aromatic heterocycles.